The highest BCUT2D eigenvalue weighted by Crippen LogP contribution is 2.36. The predicted molar refractivity (Wildman–Crippen MR) is 105 cm³/mol. The average Bonchev–Trinajstić information content (AvgIpc) is 3.21. The molecule has 2 aromatic heterocycles. The molecule has 2 heterocycles. The average molecular weight is 353 g/mol. The van der Waals surface area contributed by atoms with Crippen LogP contribution in [0.25, 0.3) is 10.4 Å². The van der Waals surface area contributed by atoms with E-state index < -0.39 is 0 Å². The van der Waals surface area contributed by atoms with Crippen molar-refractivity contribution in [2.45, 2.75) is 39.7 Å². The van der Waals surface area contributed by atoms with Gasteiger partial charge in [0.25, 0.3) is 5.91 Å². The monoisotopic (exact) mass is 352 g/mol. The molecular formula is C21H24N2OS. The Morgan fingerprint density at radius 2 is 1.92 bits per heavy atom. The highest BCUT2D eigenvalue weighted by atomic mass is 32.1. The Morgan fingerprint density at radius 3 is 2.52 bits per heavy atom. The first-order chi connectivity index (χ1) is 12.1. The molecule has 25 heavy (non-hydrogen) atoms. The molecule has 0 aliphatic carbocycles. The number of hydrogen-bond acceptors (Lipinski definition) is 2. The van der Waals surface area contributed by atoms with Crippen LogP contribution in [0.1, 0.15) is 47.1 Å². The Kier molecular flexibility index (Phi) is 5.39. The normalized spacial score (nSPS) is 11.0. The molecule has 3 rings (SSSR count). The molecule has 2 N–H and O–H groups in total. The number of carbonyl (C=O) groups excluding carboxylic acids is 1. The van der Waals surface area contributed by atoms with E-state index in [2.05, 4.69) is 41.8 Å². The zero-order valence-electron chi connectivity index (χ0n) is 14.8. The van der Waals surface area contributed by atoms with Gasteiger partial charge in [-0.2, -0.15) is 0 Å². The molecule has 3 nitrogen and oxygen atoms in total. The van der Waals surface area contributed by atoms with Crippen LogP contribution in [0.15, 0.2) is 47.8 Å². The lowest BCUT2D eigenvalue weighted by molar-refractivity contribution is 0.1000. The topological polar surface area (TPSA) is 48.0 Å². The van der Waals surface area contributed by atoms with Gasteiger partial charge in [-0.3, -0.25) is 4.79 Å². The minimum atomic E-state index is -0.342. The minimum absolute atomic E-state index is 0.342. The quantitative estimate of drug-likeness (QED) is 0.638. The Bertz CT molecular complexity index is 848. The van der Waals surface area contributed by atoms with E-state index in [1.807, 2.05) is 24.4 Å². The SMILES string of the molecule is CCCCc1c(-c2cccs2)c(C(N)=O)c(C)n1Cc1ccccc1. The zero-order chi connectivity index (χ0) is 17.8. The molecule has 1 aromatic carbocycles. The maximum atomic E-state index is 12.2. The smallest absolute Gasteiger partial charge is 0.251 e. The van der Waals surface area contributed by atoms with E-state index in [9.17, 15) is 4.79 Å². The summed E-state index contributed by atoms with van der Waals surface area (Å²) in [6.07, 6.45) is 3.16. The van der Waals surface area contributed by atoms with E-state index in [-0.39, 0.29) is 5.91 Å². The number of thiophene rings is 1. The third kappa shape index (κ3) is 3.54. The number of rotatable bonds is 7. The standard InChI is InChI=1S/C21H24N2OS/c1-3-4-11-17-20(18-12-8-13-25-18)19(21(22)24)15(2)23(17)14-16-9-6-5-7-10-16/h5-10,12-13H,3-4,11,14H2,1-2H3,(H2,22,24). The lowest BCUT2D eigenvalue weighted by Gasteiger charge is -2.13. The highest BCUT2D eigenvalue weighted by Gasteiger charge is 2.25. The number of benzene rings is 1. The van der Waals surface area contributed by atoms with Gasteiger partial charge in [-0.05, 0) is 36.8 Å². The van der Waals surface area contributed by atoms with Crippen molar-refractivity contribution in [2.24, 2.45) is 5.73 Å². The Hall–Kier alpha value is -2.33. The van der Waals surface area contributed by atoms with E-state index in [1.165, 1.54) is 11.3 Å². The van der Waals surface area contributed by atoms with Crippen LogP contribution in [-0.4, -0.2) is 10.5 Å². The zero-order valence-corrected chi connectivity index (χ0v) is 15.6. The summed E-state index contributed by atoms with van der Waals surface area (Å²) in [7, 11) is 0. The van der Waals surface area contributed by atoms with E-state index in [0.717, 1.165) is 41.9 Å². The van der Waals surface area contributed by atoms with Crippen molar-refractivity contribution in [1.29, 1.82) is 0 Å². The van der Waals surface area contributed by atoms with Crippen LogP contribution in [-0.2, 0) is 13.0 Å². The van der Waals surface area contributed by atoms with E-state index >= 15 is 0 Å². The number of carbonyl (C=O) groups is 1. The summed E-state index contributed by atoms with van der Waals surface area (Å²) in [5, 5.41) is 2.05. The fourth-order valence-electron chi connectivity index (χ4n) is 3.37. The number of amides is 1. The van der Waals surface area contributed by atoms with Crippen LogP contribution in [0.4, 0.5) is 0 Å². The van der Waals surface area contributed by atoms with Gasteiger partial charge >= 0.3 is 0 Å². The van der Waals surface area contributed by atoms with Crippen molar-refractivity contribution in [3.8, 4) is 10.4 Å². The maximum Gasteiger partial charge on any atom is 0.251 e. The second-order valence-corrected chi connectivity index (χ2v) is 7.25. The molecule has 0 atom stereocenters. The summed E-state index contributed by atoms with van der Waals surface area (Å²) < 4.78 is 2.28. The molecule has 0 fully saturated rings. The number of primary amides is 1. The predicted octanol–water partition coefficient (Wildman–Crippen LogP) is 5.01. The minimum Gasteiger partial charge on any atom is -0.366 e. The number of aromatic nitrogens is 1. The molecule has 1 amide bonds. The van der Waals surface area contributed by atoms with Crippen molar-refractivity contribution in [1.82, 2.24) is 4.57 Å². The molecule has 0 aliphatic heterocycles. The van der Waals surface area contributed by atoms with Crippen LogP contribution in [0.2, 0.25) is 0 Å². The third-order valence-corrected chi connectivity index (χ3v) is 5.48. The van der Waals surface area contributed by atoms with Crippen molar-refractivity contribution in [2.75, 3.05) is 0 Å². The third-order valence-electron chi connectivity index (χ3n) is 4.60. The summed E-state index contributed by atoms with van der Waals surface area (Å²) in [5.41, 5.74) is 10.9. The highest BCUT2D eigenvalue weighted by molar-refractivity contribution is 7.13. The van der Waals surface area contributed by atoms with Gasteiger partial charge in [-0.1, -0.05) is 49.7 Å². The largest absolute Gasteiger partial charge is 0.366 e. The van der Waals surface area contributed by atoms with Crippen LogP contribution < -0.4 is 5.73 Å². The molecule has 0 aliphatic rings. The maximum absolute atomic E-state index is 12.2. The lowest BCUT2D eigenvalue weighted by Crippen LogP contribution is -2.13. The van der Waals surface area contributed by atoms with E-state index in [1.54, 1.807) is 11.3 Å². The Balaban J connectivity index is 2.18. The summed E-state index contributed by atoms with van der Waals surface area (Å²) >= 11 is 1.66. The second kappa shape index (κ2) is 7.70. The van der Waals surface area contributed by atoms with Crippen LogP contribution in [0.5, 0.6) is 0 Å². The van der Waals surface area contributed by atoms with Crippen molar-refractivity contribution in [3.05, 3.63) is 70.4 Å². The molecule has 130 valence electrons. The fourth-order valence-corrected chi connectivity index (χ4v) is 4.17. The molecule has 0 saturated heterocycles. The van der Waals surface area contributed by atoms with Gasteiger partial charge in [0, 0.05) is 28.4 Å². The number of nitrogens with zero attached hydrogens (tertiary/aromatic N) is 1. The van der Waals surface area contributed by atoms with Gasteiger partial charge in [0.1, 0.15) is 0 Å². The van der Waals surface area contributed by atoms with Crippen molar-refractivity contribution >= 4 is 17.2 Å². The van der Waals surface area contributed by atoms with Gasteiger partial charge < -0.3 is 10.3 Å². The van der Waals surface area contributed by atoms with Gasteiger partial charge in [-0.15, -0.1) is 11.3 Å². The molecular weight excluding hydrogens is 328 g/mol. The summed E-state index contributed by atoms with van der Waals surface area (Å²) in [4.78, 5) is 13.4. The molecule has 0 unspecified atom stereocenters. The number of unbranched alkanes of at least 4 members (excludes halogenated alkanes) is 1. The Morgan fingerprint density at radius 1 is 1.16 bits per heavy atom. The van der Waals surface area contributed by atoms with Crippen LogP contribution >= 0.6 is 11.3 Å². The molecule has 0 bridgehead atoms. The molecule has 0 spiro atoms. The number of hydrogen-bond donors (Lipinski definition) is 1. The van der Waals surface area contributed by atoms with Gasteiger partial charge in [0.05, 0.1) is 5.56 Å². The lowest BCUT2D eigenvalue weighted by atomic mass is 10.0. The van der Waals surface area contributed by atoms with Gasteiger partial charge in [0.15, 0.2) is 0 Å². The molecule has 0 radical (unpaired) electrons. The summed E-state index contributed by atoms with van der Waals surface area (Å²) in [6.45, 7) is 4.96. The van der Waals surface area contributed by atoms with Crippen molar-refractivity contribution in [3.63, 3.8) is 0 Å². The first kappa shape index (κ1) is 17.5. The first-order valence-electron chi connectivity index (χ1n) is 8.73. The summed E-state index contributed by atoms with van der Waals surface area (Å²) in [6, 6.07) is 14.5. The second-order valence-electron chi connectivity index (χ2n) is 6.30. The van der Waals surface area contributed by atoms with E-state index in [0.29, 0.717) is 5.56 Å². The Labute approximate surface area is 153 Å². The molecule has 4 heteroatoms. The van der Waals surface area contributed by atoms with Crippen LogP contribution in [0.3, 0.4) is 0 Å². The van der Waals surface area contributed by atoms with E-state index in [4.69, 9.17) is 5.73 Å². The van der Waals surface area contributed by atoms with Crippen molar-refractivity contribution < 1.29 is 4.79 Å². The van der Waals surface area contributed by atoms with Gasteiger partial charge in [0.2, 0.25) is 0 Å². The van der Waals surface area contributed by atoms with Crippen LogP contribution in [0, 0.1) is 6.92 Å². The summed E-state index contributed by atoms with van der Waals surface area (Å²) in [5.74, 6) is -0.342. The fraction of sp³-hybridized carbons (Fsp3) is 0.286. The first-order valence-corrected chi connectivity index (χ1v) is 9.61. The molecule has 3 aromatic rings. The number of nitrogens with two attached hydrogens (primary N) is 1. The molecule has 0 saturated carbocycles. The van der Waals surface area contributed by atoms with Gasteiger partial charge in [-0.25, -0.2) is 0 Å².